The van der Waals surface area contributed by atoms with E-state index in [0.29, 0.717) is 5.41 Å². The third kappa shape index (κ3) is 5.53. The van der Waals surface area contributed by atoms with Crippen molar-refractivity contribution in [1.82, 2.24) is 9.80 Å². The molecule has 1 saturated carbocycles. The molecular weight excluding hydrogens is 268 g/mol. The Kier molecular flexibility index (Phi) is 6.76. The van der Waals surface area contributed by atoms with E-state index in [0.717, 1.165) is 17.8 Å². The van der Waals surface area contributed by atoms with E-state index in [-0.39, 0.29) is 0 Å². The summed E-state index contributed by atoms with van der Waals surface area (Å²) >= 11 is 0. The summed E-state index contributed by atoms with van der Waals surface area (Å²) in [5.74, 6) is 2.85. The molecule has 2 heteroatoms. The molecule has 2 nitrogen and oxygen atoms in total. The minimum absolute atomic E-state index is 0.518. The Morgan fingerprint density at radius 2 is 1.36 bits per heavy atom. The maximum atomic E-state index is 2.65. The Bertz CT molecular complexity index is 304. The van der Waals surface area contributed by atoms with Crippen molar-refractivity contribution in [2.75, 3.05) is 39.8 Å². The van der Waals surface area contributed by atoms with Gasteiger partial charge in [-0.05, 0) is 88.4 Å². The van der Waals surface area contributed by atoms with Crippen LogP contribution in [-0.2, 0) is 0 Å². The Balaban J connectivity index is 1.65. The van der Waals surface area contributed by atoms with Gasteiger partial charge in [0, 0.05) is 13.1 Å². The zero-order valence-electron chi connectivity index (χ0n) is 15.9. The van der Waals surface area contributed by atoms with Gasteiger partial charge in [0.1, 0.15) is 0 Å². The molecule has 0 aromatic carbocycles. The molecule has 0 aromatic rings. The van der Waals surface area contributed by atoms with Crippen LogP contribution in [0.15, 0.2) is 0 Å². The van der Waals surface area contributed by atoms with Crippen molar-refractivity contribution >= 4 is 0 Å². The molecule has 1 saturated heterocycles. The van der Waals surface area contributed by atoms with Crippen molar-refractivity contribution in [3.05, 3.63) is 0 Å². The molecule has 1 aliphatic carbocycles. The van der Waals surface area contributed by atoms with Crippen LogP contribution in [0.1, 0.15) is 66.2 Å². The smallest absolute Gasteiger partial charge is 0.000767 e. The van der Waals surface area contributed by atoms with E-state index in [4.69, 9.17) is 0 Å². The molecule has 0 atom stereocenters. The van der Waals surface area contributed by atoms with Gasteiger partial charge in [-0.2, -0.15) is 0 Å². The Morgan fingerprint density at radius 3 is 1.82 bits per heavy atom. The number of hydrogen-bond donors (Lipinski definition) is 0. The zero-order valence-corrected chi connectivity index (χ0v) is 15.9. The molecule has 0 unspecified atom stereocenters. The van der Waals surface area contributed by atoms with E-state index in [1.54, 1.807) is 0 Å². The maximum absolute atomic E-state index is 2.65. The van der Waals surface area contributed by atoms with Gasteiger partial charge in [0.05, 0.1) is 0 Å². The highest BCUT2D eigenvalue weighted by Crippen LogP contribution is 2.39. The van der Waals surface area contributed by atoms with Gasteiger partial charge in [0.25, 0.3) is 0 Å². The summed E-state index contributed by atoms with van der Waals surface area (Å²) < 4.78 is 0. The topological polar surface area (TPSA) is 6.48 Å². The predicted octanol–water partition coefficient (Wildman–Crippen LogP) is 4.50. The fourth-order valence-electron chi connectivity index (χ4n) is 4.65. The van der Waals surface area contributed by atoms with Gasteiger partial charge in [-0.3, -0.25) is 0 Å². The Labute approximate surface area is 139 Å². The predicted molar refractivity (Wildman–Crippen MR) is 97.2 cm³/mol. The molecule has 2 rings (SSSR count). The van der Waals surface area contributed by atoms with E-state index in [1.807, 2.05) is 0 Å². The van der Waals surface area contributed by atoms with Gasteiger partial charge in [-0.15, -0.1) is 0 Å². The first-order valence-electron chi connectivity index (χ1n) is 9.79. The molecule has 0 aromatic heterocycles. The number of rotatable bonds is 5. The fraction of sp³-hybridized carbons (Fsp3) is 1.00. The summed E-state index contributed by atoms with van der Waals surface area (Å²) in [7, 11) is 2.36. The molecule has 2 fully saturated rings. The lowest BCUT2D eigenvalue weighted by Crippen LogP contribution is -2.39. The zero-order chi connectivity index (χ0) is 16.2. The first-order valence-corrected chi connectivity index (χ1v) is 9.79. The Morgan fingerprint density at radius 1 is 0.864 bits per heavy atom. The first kappa shape index (κ1) is 18.3. The third-order valence-corrected chi connectivity index (χ3v) is 6.37. The summed E-state index contributed by atoms with van der Waals surface area (Å²) in [5, 5.41) is 0. The highest BCUT2D eigenvalue weighted by Gasteiger charge is 2.30. The van der Waals surface area contributed by atoms with Crippen molar-refractivity contribution in [2.24, 2.45) is 23.2 Å². The number of likely N-dealkylation sites (tertiary alicyclic amines) is 1. The quantitative estimate of drug-likeness (QED) is 0.737. The maximum Gasteiger partial charge on any atom is 0.000767 e. The molecule has 22 heavy (non-hydrogen) atoms. The highest BCUT2D eigenvalue weighted by molar-refractivity contribution is 4.82. The molecular formula is C20H40N2. The number of nitrogens with zero attached hydrogens (tertiary/aromatic N) is 2. The van der Waals surface area contributed by atoms with Crippen LogP contribution in [0, 0.1) is 23.2 Å². The monoisotopic (exact) mass is 308 g/mol. The molecule has 130 valence electrons. The second kappa shape index (κ2) is 8.15. The standard InChI is InChI=1S/C20H40N2/c1-6-22-13-11-18(12-14-22)16-21(5)15-17-7-9-19(10-8-17)20(2,3)4/h17-19H,6-16H2,1-5H3. The van der Waals surface area contributed by atoms with E-state index < -0.39 is 0 Å². The van der Waals surface area contributed by atoms with Crippen molar-refractivity contribution in [1.29, 1.82) is 0 Å². The fourth-order valence-corrected chi connectivity index (χ4v) is 4.65. The lowest BCUT2D eigenvalue weighted by Gasteiger charge is -2.39. The van der Waals surface area contributed by atoms with Crippen LogP contribution in [0.25, 0.3) is 0 Å². The summed E-state index contributed by atoms with van der Waals surface area (Å²) in [5.41, 5.74) is 0.518. The van der Waals surface area contributed by atoms with Gasteiger partial charge in [0.2, 0.25) is 0 Å². The summed E-state index contributed by atoms with van der Waals surface area (Å²) in [4.78, 5) is 5.25. The summed E-state index contributed by atoms with van der Waals surface area (Å²) in [6.45, 7) is 16.1. The van der Waals surface area contributed by atoms with Crippen molar-refractivity contribution < 1.29 is 0 Å². The first-order chi connectivity index (χ1) is 10.4. The molecule has 0 amide bonds. The van der Waals surface area contributed by atoms with Gasteiger partial charge in [-0.25, -0.2) is 0 Å². The number of piperidine rings is 1. The second-order valence-electron chi connectivity index (χ2n) is 9.18. The molecule has 0 bridgehead atoms. The van der Waals surface area contributed by atoms with E-state index in [2.05, 4.69) is 44.5 Å². The van der Waals surface area contributed by atoms with E-state index in [1.165, 1.54) is 71.2 Å². The van der Waals surface area contributed by atoms with E-state index in [9.17, 15) is 0 Å². The van der Waals surface area contributed by atoms with Crippen LogP contribution in [0.5, 0.6) is 0 Å². The van der Waals surface area contributed by atoms with Crippen molar-refractivity contribution in [3.8, 4) is 0 Å². The number of hydrogen-bond acceptors (Lipinski definition) is 2. The van der Waals surface area contributed by atoms with Crippen LogP contribution < -0.4 is 0 Å². The van der Waals surface area contributed by atoms with Gasteiger partial charge in [0.15, 0.2) is 0 Å². The van der Waals surface area contributed by atoms with E-state index >= 15 is 0 Å². The SMILES string of the molecule is CCN1CCC(CN(C)CC2CCC(C(C)(C)C)CC2)CC1. The van der Waals surface area contributed by atoms with Crippen LogP contribution >= 0.6 is 0 Å². The second-order valence-corrected chi connectivity index (χ2v) is 9.18. The molecule has 0 N–H and O–H groups in total. The lowest BCUT2D eigenvalue weighted by molar-refractivity contribution is 0.115. The average Bonchev–Trinajstić information content (AvgIpc) is 2.47. The molecule has 0 radical (unpaired) electrons. The lowest BCUT2D eigenvalue weighted by atomic mass is 9.70. The molecule has 1 heterocycles. The van der Waals surface area contributed by atoms with Crippen LogP contribution in [-0.4, -0.2) is 49.6 Å². The normalized spacial score (nSPS) is 29.2. The summed E-state index contributed by atoms with van der Waals surface area (Å²) in [6.07, 6.45) is 8.65. The third-order valence-electron chi connectivity index (χ3n) is 6.37. The molecule has 0 spiro atoms. The van der Waals surface area contributed by atoms with Gasteiger partial charge >= 0.3 is 0 Å². The highest BCUT2D eigenvalue weighted by atomic mass is 15.1. The van der Waals surface area contributed by atoms with Crippen molar-refractivity contribution in [3.63, 3.8) is 0 Å². The Hall–Kier alpha value is -0.0800. The van der Waals surface area contributed by atoms with Crippen LogP contribution in [0.3, 0.4) is 0 Å². The molecule has 1 aliphatic heterocycles. The van der Waals surface area contributed by atoms with Crippen molar-refractivity contribution in [2.45, 2.75) is 66.2 Å². The average molecular weight is 309 g/mol. The van der Waals surface area contributed by atoms with Gasteiger partial charge < -0.3 is 9.80 Å². The largest absolute Gasteiger partial charge is 0.306 e. The van der Waals surface area contributed by atoms with Crippen LogP contribution in [0.4, 0.5) is 0 Å². The minimum atomic E-state index is 0.518. The van der Waals surface area contributed by atoms with Gasteiger partial charge in [-0.1, -0.05) is 27.7 Å². The van der Waals surface area contributed by atoms with Crippen LogP contribution in [0.2, 0.25) is 0 Å². The summed E-state index contributed by atoms with van der Waals surface area (Å²) in [6, 6.07) is 0. The molecule has 2 aliphatic rings. The minimum Gasteiger partial charge on any atom is -0.306 e.